The van der Waals surface area contributed by atoms with Gasteiger partial charge in [0.25, 0.3) is 5.91 Å². The molecule has 1 unspecified atom stereocenters. The Kier molecular flexibility index (Phi) is 4.43. The molecule has 1 amide bonds. The summed E-state index contributed by atoms with van der Waals surface area (Å²) < 4.78 is 1.81. The molecule has 2 aromatic heterocycles. The van der Waals surface area contributed by atoms with E-state index in [2.05, 4.69) is 30.9 Å². The Labute approximate surface area is 143 Å². The third kappa shape index (κ3) is 3.35. The fraction of sp³-hybridized carbons (Fsp3) is 0.526. The quantitative estimate of drug-likeness (QED) is 0.865. The minimum atomic E-state index is 0.111. The smallest absolute Gasteiger partial charge is 0.257 e. The number of nitrogens with zero attached hydrogens (tertiary/aromatic N) is 4. The van der Waals surface area contributed by atoms with E-state index in [-0.39, 0.29) is 11.3 Å². The first-order valence-corrected chi connectivity index (χ1v) is 8.63. The van der Waals surface area contributed by atoms with E-state index in [9.17, 15) is 4.79 Å². The Bertz CT molecular complexity index is 715. The van der Waals surface area contributed by atoms with Gasteiger partial charge < -0.3 is 4.90 Å². The van der Waals surface area contributed by atoms with E-state index >= 15 is 0 Å². The predicted molar refractivity (Wildman–Crippen MR) is 94.2 cm³/mol. The van der Waals surface area contributed by atoms with Crippen LogP contribution < -0.4 is 0 Å². The molecule has 0 spiro atoms. The number of aromatic nitrogens is 3. The molecular weight excluding hydrogens is 300 g/mol. The second kappa shape index (κ2) is 6.38. The van der Waals surface area contributed by atoms with Crippen LogP contribution in [0.15, 0.2) is 30.7 Å². The molecular formula is C19H26N4O. The molecule has 0 aliphatic carbocycles. The van der Waals surface area contributed by atoms with Crippen LogP contribution in [0.5, 0.6) is 0 Å². The van der Waals surface area contributed by atoms with E-state index < -0.39 is 0 Å². The van der Waals surface area contributed by atoms with Crippen molar-refractivity contribution >= 4 is 5.91 Å². The average molecular weight is 326 g/mol. The summed E-state index contributed by atoms with van der Waals surface area (Å²) in [5.74, 6) is 0.111. The molecule has 1 aliphatic rings. The Morgan fingerprint density at radius 3 is 2.67 bits per heavy atom. The third-order valence-electron chi connectivity index (χ3n) is 4.63. The van der Waals surface area contributed by atoms with E-state index in [1.165, 1.54) is 0 Å². The second-order valence-electron chi connectivity index (χ2n) is 7.82. The van der Waals surface area contributed by atoms with Gasteiger partial charge in [0.1, 0.15) is 0 Å². The van der Waals surface area contributed by atoms with Crippen molar-refractivity contribution in [1.29, 1.82) is 0 Å². The molecule has 24 heavy (non-hydrogen) atoms. The van der Waals surface area contributed by atoms with E-state index in [0.29, 0.717) is 11.6 Å². The van der Waals surface area contributed by atoms with Gasteiger partial charge in [0.2, 0.25) is 0 Å². The lowest BCUT2D eigenvalue weighted by atomic mass is 9.87. The molecule has 2 aromatic rings. The Morgan fingerprint density at radius 2 is 2.00 bits per heavy atom. The molecule has 128 valence electrons. The number of likely N-dealkylation sites (tertiary alicyclic amines) is 1. The molecule has 0 bridgehead atoms. The molecule has 5 nitrogen and oxygen atoms in total. The van der Waals surface area contributed by atoms with E-state index in [4.69, 9.17) is 0 Å². The maximum Gasteiger partial charge on any atom is 0.257 e. The highest BCUT2D eigenvalue weighted by Gasteiger charge is 2.33. The van der Waals surface area contributed by atoms with Crippen LogP contribution in [0.4, 0.5) is 0 Å². The standard InChI is InChI=1S/C19H26N4O/c1-14-17(13-21-23(14)15-7-9-20-10-8-15)18(24)22-11-5-6-16(22)12-19(2,3)4/h7-10,13,16H,5-6,11-12H2,1-4H3. The average Bonchev–Trinajstić information content (AvgIpc) is 3.12. The van der Waals surface area contributed by atoms with Crippen LogP contribution in [0.25, 0.3) is 5.69 Å². The molecule has 1 aliphatic heterocycles. The summed E-state index contributed by atoms with van der Waals surface area (Å²) >= 11 is 0. The van der Waals surface area contributed by atoms with Gasteiger partial charge in [0, 0.05) is 25.0 Å². The summed E-state index contributed by atoms with van der Waals surface area (Å²) in [5.41, 5.74) is 2.73. The summed E-state index contributed by atoms with van der Waals surface area (Å²) in [5, 5.41) is 4.42. The van der Waals surface area contributed by atoms with Gasteiger partial charge in [0.05, 0.1) is 23.1 Å². The largest absolute Gasteiger partial charge is 0.336 e. The molecule has 0 saturated carbocycles. The molecule has 5 heteroatoms. The van der Waals surface area contributed by atoms with Crippen molar-refractivity contribution in [3.05, 3.63) is 42.0 Å². The first-order valence-electron chi connectivity index (χ1n) is 8.63. The lowest BCUT2D eigenvalue weighted by Gasteiger charge is -2.30. The Hall–Kier alpha value is -2.17. The maximum absolute atomic E-state index is 13.1. The predicted octanol–water partition coefficient (Wildman–Crippen LogP) is 3.62. The highest BCUT2D eigenvalue weighted by molar-refractivity contribution is 5.95. The van der Waals surface area contributed by atoms with Gasteiger partial charge in [-0.2, -0.15) is 5.10 Å². The SMILES string of the molecule is Cc1c(C(=O)N2CCCC2CC(C)(C)C)cnn1-c1ccncc1. The molecule has 3 heterocycles. The lowest BCUT2D eigenvalue weighted by molar-refractivity contribution is 0.0703. The van der Waals surface area contributed by atoms with Crippen molar-refractivity contribution in [3.63, 3.8) is 0 Å². The minimum absolute atomic E-state index is 0.111. The highest BCUT2D eigenvalue weighted by Crippen LogP contribution is 2.31. The van der Waals surface area contributed by atoms with Crippen LogP contribution in [0.3, 0.4) is 0 Å². The van der Waals surface area contributed by atoms with Gasteiger partial charge >= 0.3 is 0 Å². The molecule has 3 rings (SSSR count). The monoisotopic (exact) mass is 326 g/mol. The Balaban J connectivity index is 1.84. The highest BCUT2D eigenvalue weighted by atomic mass is 16.2. The zero-order chi connectivity index (χ0) is 17.3. The van der Waals surface area contributed by atoms with Gasteiger partial charge in [-0.1, -0.05) is 20.8 Å². The molecule has 1 fully saturated rings. The third-order valence-corrected chi connectivity index (χ3v) is 4.63. The first kappa shape index (κ1) is 16.7. The number of hydrogen-bond acceptors (Lipinski definition) is 3. The summed E-state index contributed by atoms with van der Waals surface area (Å²) in [7, 11) is 0. The molecule has 0 N–H and O–H groups in total. The number of carbonyl (C=O) groups excluding carboxylic acids is 1. The molecule has 1 atom stereocenters. The van der Waals surface area contributed by atoms with Crippen molar-refractivity contribution in [2.75, 3.05) is 6.54 Å². The fourth-order valence-corrected chi connectivity index (χ4v) is 3.54. The van der Waals surface area contributed by atoms with Gasteiger partial charge in [-0.3, -0.25) is 9.78 Å². The van der Waals surface area contributed by atoms with E-state index in [1.54, 1.807) is 18.6 Å². The van der Waals surface area contributed by atoms with Crippen LogP contribution in [-0.2, 0) is 0 Å². The van der Waals surface area contributed by atoms with Gasteiger partial charge in [-0.05, 0) is 43.7 Å². The summed E-state index contributed by atoms with van der Waals surface area (Å²) in [4.78, 5) is 19.1. The Morgan fingerprint density at radius 1 is 1.29 bits per heavy atom. The zero-order valence-corrected chi connectivity index (χ0v) is 15.0. The number of rotatable bonds is 3. The van der Waals surface area contributed by atoms with Crippen LogP contribution >= 0.6 is 0 Å². The van der Waals surface area contributed by atoms with Gasteiger partial charge in [-0.25, -0.2) is 4.68 Å². The van der Waals surface area contributed by atoms with Crippen LogP contribution in [0.2, 0.25) is 0 Å². The molecule has 0 radical (unpaired) electrons. The number of carbonyl (C=O) groups is 1. The summed E-state index contributed by atoms with van der Waals surface area (Å²) in [6.45, 7) is 9.51. The maximum atomic E-state index is 13.1. The van der Waals surface area contributed by atoms with Crippen molar-refractivity contribution in [2.24, 2.45) is 5.41 Å². The van der Waals surface area contributed by atoms with Crippen molar-refractivity contribution < 1.29 is 4.79 Å². The van der Waals surface area contributed by atoms with Crippen molar-refractivity contribution in [3.8, 4) is 5.69 Å². The van der Waals surface area contributed by atoms with Gasteiger partial charge in [-0.15, -0.1) is 0 Å². The lowest BCUT2D eigenvalue weighted by Crippen LogP contribution is -2.37. The van der Waals surface area contributed by atoms with Crippen LogP contribution in [0, 0.1) is 12.3 Å². The van der Waals surface area contributed by atoms with Gasteiger partial charge in [0.15, 0.2) is 0 Å². The van der Waals surface area contributed by atoms with Crippen molar-refractivity contribution in [1.82, 2.24) is 19.7 Å². The summed E-state index contributed by atoms with van der Waals surface area (Å²) in [6.07, 6.45) is 8.39. The molecule has 0 aromatic carbocycles. The number of pyridine rings is 1. The fourth-order valence-electron chi connectivity index (χ4n) is 3.54. The van der Waals surface area contributed by atoms with E-state index in [0.717, 1.165) is 37.2 Å². The molecule has 1 saturated heterocycles. The normalized spacial score (nSPS) is 18.2. The van der Waals surface area contributed by atoms with E-state index in [1.807, 2.05) is 28.6 Å². The topological polar surface area (TPSA) is 51.0 Å². The van der Waals surface area contributed by atoms with Crippen LogP contribution in [-0.4, -0.2) is 38.2 Å². The first-order chi connectivity index (χ1) is 11.4. The minimum Gasteiger partial charge on any atom is -0.336 e. The number of hydrogen-bond donors (Lipinski definition) is 0. The van der Waals surface area contributed by atoms with Crippen molar-refractivity contribution in [2.45, 2.75) is 53.0 Å². The number of amides is 1. The summed E-state index contributed by atoms with van der Waals surface area (Å²) in [6, 6.07) is 4.13. The van der Waals surface area contributed by atoms with Crippen LogP contribution in [0.1, 0.15) is 56.1 Å². The zero-order valence-electron chi connectivity index (χ0n) is 15.0. The second-order valence-corrected chi connectivity index (χ2v) is 7.82.